The fourth-order valence-corrected chi connectivity index (χ4v) is 3.61. The van der Waals surface area contributed by atoms with Crippen LogP contribution in [0.2, 0.25) is 0 Å². The number of piperazine rings is 1. The zero-order valence-electron chi connectivity index (χ0n) is 17.6. The minimum atomic E-state index is -0.664. The fourth-order valence-electron chi connectivity index (χ4n) is 3.61. The molecule has 1 aliphatic heterocycles. The zero-order chi connectivity index (χ0) is 21.7. The molecule has 2 aromatic rings. The number of esters is 2. The van der Waals surface area contributed by atoms with Crippen molar-refractivity contribution in [3.8, 4) is 0 Å². The summed E-state index contributed by atoms with van der Waals surface area (Å²) in [6.45, 7) is 7.55. The van der Waals surface area contributed by atoms with Crippen LogP contribution in [0.3, 0.4) is 0 Å². The molecule has 0 atom stereocenters. The van der Waals surface area contributed by atoms with E-state index in [0.717, 1.165) is 18.8 Å². The number of carbonyl (C=O) groups excluding carboxylic acids is 3. The van der Waals surface area contributed by atoms with Crippen molar-refractivity contribution in [1.29, 1.82) is 0 Å². The maximum Gasteiger partial charge on any atom is 0.355 e. The van der Waals surface area contributed by atoms with Gasteiger partial charge in [0.25, 0.3) is 5.91 Å². The Morgan fingerprint density at radius 3 is 2.27 bits per heavy atom. The van der Waals surface area contributed by atoms with Crippen molar-refractivity contribution in [1.82, 2.24) is 9.88 Å². The molecule has 1 fully saturated rings. The molecule has 0 saturated carbocycles. The van der Waals surface area contributed by atoms with Crippen LogP contribution in [0.4, 0.5) is 5.69 Å². The highest BCUT2D eigenvalue weighted by Crippen LogP contribution is 2.20. The Balaban J connectivity index is 1.54. The second kappa shape index (κ2) is 9.47. The number of aromatic amines is 1. The number of nitrogens with one attached hydrogen (secondary N) is 1. The summed E-state index contributed by atoms with van der Waals surface area (Å²) in [5, 5.41) is 0. The van der Waals surface area contributed by atoms with Crippen LogP contribution in [0.5, 0.6) is 0 Å². The van der Waals surface area contributed by atoms with Crippen LogP contribution < -0.4 is 4.90 Å². The Hall–Kier alpha value is -3.29. The van der Waals surface area contributed by atoms with Crippen molar-refractivity contribution < 1.29 is 23.9 Å². The van der Waals surface area contributed by atoms with Gasteiger partial charge in [0.1, 0.15) is 5.69 Å². The number of benzene rings is 1. The lowest BCUT2D eigenvalue weighted by Gasteiger charge is -2.36. The summed E-state index contributed by atoms with van der Waals surface area (Å²) in [5.74, 6) is -1.39. The Morgan fingerprint density at radius 1 is 0.967 bits per heavy atom. The molecule has 0 aliphatic carbocycles. The third kappa shape index (κ3) is 4.64. The number of hydrogen-bond donors (Lipinski definition) is 1. The van der Waals surface area contributed by atoms with Gasteiger partial charge < -0.3 is 24.3 Å². The number of nitrogens with zero attached hydrogens (tertiary/aromatic N) is 2. The van der Waals surface area contributed by atoms with Gasteiger partial charge in [0.05, 0.1) is 12.2 Å². The molecule has 1 saturated heterocycles. The molecule has 1 N–H and O–H groups in total. The summed E-state index contributed by atoms with van der Waals surface area (Å²) in [6, 6.07) is 10.0. The molecule has 1 amide bonds. The molecular weight excluding hydrogens is 386 g/mol. The first-order chi connectivity index (χ1) is 14.4. The van der Waals surface area contributed by atoms with Crippen LogP contribution >= 0.6 is 0 Å². The summed E-state index contributed by atoms with van der Waals surface area (Å²) < 4.78 is 10.2. The van der Waals surface area contributed by atoms with Gasteiger partial charge >= 0.3 is 11.9 Å². The van der Waals surface area contributed by atoms with E-state index in [1.165, 1.54) is 0 Å². The summed E-state index contributed by atoms with van der Waals surface area (Å²) in [4.78, 5) is 43.8. The molecule has 2 heterocycles. The van der Waals surface area contributed by atoms with E-state index in [1.807, 2.05) is 30.3 Å². The molecule has 8 nitrogen and oxygen atoms in total. The Morgan fingerprint density at radius 2 is 1.63 bits per heavy atom. The van der Waals surface area contributed by atoms with Crippen LogP contribution in [-0.4, -0.2) is 67.1 Å². The normalized spacial score (nSPS) is 13.8. The van der Waals surface area contributed by atoms with E-state index in [2.05, 4.69) is 9.88 Å². The minimum absolute atomic E-state index is 0.164. The van der Waals surface area contributed by atoms with Gasteiger partial charge in [-0.2, -0.15) is 0 Å². The maximum atomic E-state index is 12.5. The van der Waals surface area contributed by atoms with Crippen molar-refractivity contribution in [2.45, 2.75) is 20.8 Å². The minimum Gasteiger partial charge on any atom is -0.462 e. The molecule has 0 spiro atoms. The molecule has 160 valence electrons. The van der Waals surface area contributed by atoms with Gasteiger partial charge in [0.15, 0.2) is 6.61 Å². The number of rotatable bonds is 6. The average molecular weight is 413 g/mol. The third-order valence-corrected chi connectivity index (χ3v) is 5.20. The fraction of sp³-hybridized carbons (Fsp3) is 0.409. The molecule has 30 heavy (non-hydrogen) atoms. The topological polar surface area (TPSA) is 91.9 Å². The molecule has 0 radical (unpaired) electrons. The lowest BCUT2D eigenvalue weighted by Crippen LogP contribution is -2.49. The predicted octanol–water partition coefficient (Wildman–Crippen LogP) is 2.31. The number of H-pyrrole nitrogens is 1. The van der Waals surface area contributed by atoms with Gasteiger partial charge in [0, 0.05) is 37.6 Å². The van der Waals surface area contributed by atoms with E-state index in [4.69, 9.17) is 9.47 Å². The van der Waals surface area contributed by atoms with Crippen LogP contribution in [-0.2, 0) is 14.3 Å². The van der Waals surface area contributed by atoms with Crippen molar-refractivity contribution in [3.63, 3.8) is 0 Å². The van der Waals surface area contributed by atoms with E-state index >= 15 is 0 Å². The SMILES string of the molecule is CCOC(=O)c1c(C)[nH]c(C(=O)OCC(=O)N2CCN(c3ccccc3)CC2)c1C. The number of anilines is 1. The van der Waals surface area contributed by atoms with Crippen LogP contribution in [0, 0.1) is 13.8 Å². The average Bonchev–Trinajstić information content (AvgIpc) is 3.06. The molecular formula is C22H27N3O5. The number of aromatic nitrogens is 1. The van der Waals surface area contributed by atoms with E-state index < -0.39 is 11.9 Å². The van der Waals surface area contributed by atoms with Crippen molar-refractivity contribution in [3.05, 3.63) is 52.8 Å². The lowest BCUT2D eigenvalue weighted by atomic mass is 10.1. The van der Waals surface area contributed by atoms with E-state index in [-0.39, 0.29) is 24.8 Å². The number of hydrogen-bond acceptors (Lipinski definition) is 6. The van der Waals surface area contributed by atoms with Crippen molar-refractivity contribution >= 4 is 23.5 Å². The van der Waals surface area contributed by atoms with Crippen molar-refractivity contribution in [2.24, 2.45) is 0 Å². The standard InChI is InChI=1S/C22H27N3O5/c1-4-29-21(27)19-15(2)20(23-16(19)3)22(28)30-14-18(26)25-12-10-24(11-13-25)17-8-6-5-7-9-17/h5-9,23H,4,10-14H2,1-3H3. The Kier molecular flexibility index (Phi) is 6.76. The number of carbonyl (C=O) groups is 3. The zero-order valence-corrected chi connectivity index (χ0v) is 17.6. The molecule has 1 aromatic heterocycles. The van der Waals surface area contributed by atoms with Crippen LogP contribution in [0.25, 0.3) is 0 Å². The van der Waals surface area contributed by atoms with Gasteiger partial charge in [-0.1, -0.05) is 18.2 Å². The third-order valence-electron chi connectivity index (χ3n) is 5.20. The largest absolute Gasteiger partial charge is 0.462 e. The maximum absolute atomic E-state index is 12.5. The summed E-state index contributed by atoms with van der Waals surface area (Å²) in [6.07, 6.45) is 0. The van der Waals surface area contributed by atoms with Gasteiger partial charge in [-0.3, -0.25) is 4.79 Å². The lowest BCUT2D eigenvalue weighted by molar-refractivity contribution is -0.134. The molecule has 3 rings (SSSR count). The number of amides is 1. The number of aryl methyl sites for hydroxylation is 1. The molecule has 8 heteroatoms. The molecule has 0 bridgehead atoms. The van der Waals surface area contributed by atoms with Gasteiger partial charge in [-0.15, -0.1) is 0 Å². The first-order valence-electron chi connectivity index (χ1n) is 10.0. The molecule has 1 aromatic carbocycles. The monoisotopic (exact) mass is 413 g/mol. The van der Waals surface area contributed by atoms with E-state index in [1.54, 1.807) is 25.7 Å². The smallest absolute Gasteiger partial charge is 0.355 e. The van der Waals surface area contributed by atoms with E-state index in [9.17, 15) is 14.4 Å². The predicted molar refractivity (Wildman–Crippen MR) is 112 cm³/mol. The second-order valence-electron chi connectivity index (χ2n) is 7.12. The van der Waals surface area contributed by atoms with Crippen LogP contribution in [0.1, 0.15) is 39.0 Å². The van der Waals surface area contributed by atoms with Crippen molar-refractivity contribution in [2.75, 3.05) is 44.3 Å². The van der Waals surface area contributed by atoms with Gasteiger partial charge in [0.2, 0.25) is 0 Å². The highest BCUT2D eigenvalue weighted by Gasteiger charge is 2.26. The molecule has 0 unspecified atom stereocenters. The quantitative estimate of drug-likeness (QED) is 0.731. The van der Waals surface area contributed by atoms with Gasteiger partial charge in [-0.05, 0) is 38.5 Å². The molecule has 1 aliphatic rings. The second-order valence-corrected chi connectivity index (χ2v) is 7.12. The highest BCUT2D eigenvalue weighted by atomic mass is 16.5. The number of ether oxygens (including phenoxy) is 2. The summed E-state index contributed by atoms with van der Waals surface area (Å²) in [7, 11) is 0. The highest BCUT2D eigenvalue weighted by molar-refractivity contribution is 5.99. The number of para-hydroxylation sites is 1. The summed E-state index contributed by atoms with van der Waals surface area (Å²) in [5.41, 5.74) is 2.61. The Bertz CT molecular complexity index is 914. The first-order valence-corrected chi connectivity index (χ1v) is 10.0. The Labute approximate surface area is 175 Å². The van der Waals surface area contributed by atoms with Crippen LogP contribution in [0.15, 0.2) is 30.3 Å². The van der Waals surface area contributed by atoms with E-state index in [0.29, 0.717) is 29.9 Å². The first kappa shape index (κ1) is 21.4. The van der Waals surface area contributed by atoms with Gasteiger partial charge in [-0.25, -0.2) is 9.59 Å². The summed E-state index contributed by atoms with van der Waals surface area (Å²) >= 11 is 0.